The van der Waals surface area contributed by atoms with Gasteiger partial charge in [0.15, 0.2) is 11.9 Å². The molecule has 2 aliphatic heterocycles. The minimum absolute atomic E-state index is 0.0193. The fourth-order valence-electron chi connectivity index (χ4n) is 5.78. The van der Waals surface area contributed by atoms with Crippen molar-refractivity contribution in [2.75, 3.05) is 6.61 Å². The number of hydrogen-bond acceptors (Lipinski definition) is 7. The van der Waals surface area contributed by atoms with Gasteiger partial charge >= 0.3 is 6.03 Å². The summed E-state index contributed by atoms with van der Waals surface area (Å²) >= 11 is 0. The van der Waals surface area contributed by atoms with Gasteiger partial charge in [-0.05, 0) is 21.5 Å². The third-order valence-corrected chi connectivity index (χ3v) is 13.0. The van der Waals surface area contributed by atoms with Crippen LogP contribution in [0.3, 0.4) is 0 Å². The van der Waals surface area contributed by atoms with Crippen molar-refractivity contribution in [2.45, 2.75) is 56.0 Å². The Morgan fingerprint density at radius 3 is 1.98 bits per heavy atom. The van der Waals surface area contributed by atoms with Gasteiger partial charge in [0.2, 0.25) is 5.78 Å². The number of ketones is 1. The number of hydrogen-bond donors (Lipinski definition) is 4. The first-order valence-electron chi connectivity index (χ1n) is 13.9. The number of amides is 2. The van der Waals surface area contributed by atoms with Crippen LogP contribution in [0.4, 0.5) is 4.79 Å². The maximum atomic E-state index is 13.1. The smallest absolute Gasteiger partial charge is 0.325 e. The summed E-state index contributed by atoms with van der Waals surface area (Å²) in [5.74, 6) is -0.489. The van der Waals surface area contributed by atoms with Crippen LogP contribution in [0, 0.1) is 0 Å². The Labute approximate surface area is 246 Å². The monoisotopic (exact) mass is 587 g/mol. The Balaban J connectivity index is 1.38. The molecule has 3 aromatic carbocycles. The van der Waals surface area contributed by atoms with Crippen molar-refractivity contribution in [1.29, 1.82) is 0 Å². The number of aliphatic hydroxyl groups excluding tert-OH is 2. The molecular formula is C32H37N3O6Si. The second-order valence-electron chi connectivity index (χ2n) is 11.7. The van der Waals surface area contributed by atoms with Gasteiger partial charge in [0, 0.05) is 11.8 Å². The molecular weight excluding hydrogens is 550 g/mol. The number of rotatable bonds is 8. The molecule has 42 heavy (non-hydrogen) atoms. The maximum absolute atomic E-state index is 13.1. The van der Waals surface area contributed by atoms with Crippen molar-refractivity contribution in [1.82, 2.24) is 10.2 Å². The molecule has 0 aliphatic carbocycles. The van der Waals surface area contributed by atoms with E-state index in [9.17, 15) is 19.8 Å². The zero-order valence-electron chi connectivity index (χ0n) is 23.9. The van der Waals surface area contributed by atoms with Gasteiger partial charge in [-0.3, -0.25) is 15.4 Å². The molecule has 2 amide bonds. The first kappa shape index (κ1) is 29.8. The van der Waals surface area contributed by atoms with E-state index in [1.54, 1.807) is 30.3 Å². The summed E-state index contributed by atoms with van der Waals surface area (Å²) in [6.07, 6.45) is -2.25. The zero-order chi connectivity index (χ0) is 30.1. The molecule has 1 saturated heterocycles. The fourth-order valence-corrected chi connectivity index (χ4v) is 10.3. The van der Waals surface area contributed by atoms with E-state index in [1.807, 2.05) is 36.4 Å². The van der Waals surface area contributed by atoms with Crippen LogP contribution < -0.4 is 21.4 Å². The highest BCUT2D eigenvalue weighted by molar-refractivity contribution is 6.99. The van der Waals surface area contributed by atoms with Crippen LogP contribution in [0.25, 0.3) is 0 Å². The molecule has 2 heterocycles. The lowest BCUT2D eigenvalue weighted by Gasteiger charge is -2.43. The number of aliphatic hydroxyl groups is 2. The van der Waals surface area contributed by atoms with E-state index in [2.05, 4.69) is 50.4 Å². The molecule has 5 rings (SSSR count). The predicted molar refractivity (Wildman–Crippen MR) is 161 cm³/mol. The van der Waals surface area contributed by atoms with Gasteiger partial charge in [0.05, 0.1) is 6.61 Å². The molecule has 10 heteroatoms. The second kappa shape index (κ2) is 11.6. The lowest BCUT2D eigenvalue weighted by Crippen LogP contribution is -2.67. The lowest BCUT2D eigenvalue weighted by molar-refractivity contribution is -0.0648. The third-order valence-electron chi connectivity index (χ3n) is 7.95. The molecule has 0 saturated carbocycles. The van der Waals surface area contributed by atoms with Crippen molar-refractivity contribution in [2.24, 2.45) is 5.73 Å². The molecule has 0 aromatic heterocycles. The van der Waals surface area contributed by atoms with Crippen LogP contribution in [0.2, 0.25) is 5.04 Å². The van der Waals surface area contributed by atoms with Crippen LogP contribution in [-0.4, -0.2) is 72.1 Å². The number of nitrogens with zero attached hydrogens (tertiary/aromatic N) is 1. The van der Waals surface area contributed by atoms with Gasteiger partial charge in [0.25, 0.3) is 8.32 Å². The van der Waals surface area contributed by atoms with Crippen molar-refractivity contribution in [3.05, 3.63) is 109 Å². The van der Waals surface area contributed by atoms with E-state index in [-0.39, 0.29) is 11.6 Å². The quantitative estimate of drug-likeness (QED) is 0.234. The highest BCUT2D eigenvalue weighted by Crippen LogP contribution is 2.38. The van der Waals surface area contributed by atoms with Crippen molar-refractivity contribution >= 4 is 30.5 Å². The zero-order valence-corrected chi connectivity index (χ0v) is 24.9. The van der Waals surface area contributed by atoms with E-state index in [4.69, 9.17) is 14.9 Å². The minimum atomic E-state index is -2.94. The summed E-state index contributed by atoms with van der Waals surface area (Å²) < 4.78 is 13.0. The van der Waals surface area contributed by atoms with E-state index < -0.39 is 50.3 Å². The van der Waals surface area contributed by atoms with Gasteiger partial charge in [-0.2, -0.15) is 0 Å². The minimum Gasteiger partial charge on any atom is -0.405 e. The molecule has 1 unspecified atom stereocenters. The van der Waals surface area contributed by atoms with Crippen LogP contribution in [-0.2, 0) is 9.16 Å². The highest BCUT2D eigenvalue weighted by atomic mass is 28.4. The van der Waals surface area contributed by atoms with Gasteiger partial charge < -0.3 is 24.7 Å². The molecule has 220 valence electrons. The largest absolute Gasteiger partial charge is 0.405 e. The summed E-state index contributed by atoms with van der Waals surface area (Å²) in [6, 6.07) is 27.8. The van der Waals surface area contributed by atoms with Crippen molar-refractivity contribution < 1.29 is 29.0 Å². The standard InChI is InChI=1S/C32H37N3O6Si/c1-31(2,3)42(23-15-9-5-10-16-23,24-17-11-6-12-18-24)40-21-25-26(36)27(37)29(41-25)35-20-19-32(33,34-30(35)39)28(38)22-13-7-4-8-14-22/h4-20,25-27,29,36-37H,21,33H2,1-3H3,(H,34,39)/t25-,26-,27-,29-,32?/m1/s1. The normalized spacial score (nSPS) is 26.2. The summed E-state index contributed by atoms with van der Waals surface area (Å²) in [5.41, 5.74) is 4.82. The average molecular weight is 588 g/mol. The molecule has 0 spiro atoms. The van der Waals surface area contributed by atoms with Crippen LogP contribution in [0.5, 0.6) is 0 Å². The van der Waals surface area contributed by atoms with Crippen molar-refractivity contribution in [3.63, 3.8) is 0 Å². The summed E-state index contributed by atoms with van der Waals surface area (Å²) in [4.78, 5) is 27.3. The first-order chi connectivity index (χ1) is 20.0. The Kier molecular flexibility index (Phi) is 8.21. The second-order valence-corrected chi connectivity index (χ2v) is 16.0. The molecule has 1 fully saturated rings. The molecule has 3 aromatic rings. The maximum Gasteiger partial charge on any atom is 0.325 e. The molecule has 0 bridgehead atoms. The summed E-state index contributed by atoms with van der Waals surface area (Å²) in [6.45, 7) is 6.40. The van der Waals surface area contributed by atoms with E-state index in [0.29, 0.717) is 5.56 Å². The Hall–Kier alpha value is -3.64. The highest BCUT2D eigenvalue weighted by Gasteiger charge is 2.53. The molecule has 9 nitrogen and oxygen atoms in total. The third kappa shape index (κ3) is 5.33. The number of benzene rings is 3. The number of ether oxygens (including phenoxy) is 1. The first-order valence-corrected chi connectivity index (χ1v) is 15.8. The van der Waals surface area contributed by atoms with Crippen molar-refractivity contribution in [3.8, 4) is 0 Å². The van der Waals surface area contributed by atoms with E-state index >= 15 is 0 Å². The Morgan fingerprint density at radius 2 is 1.48 bits per heavy atom. The van der Waals surface area contributed by atoms with Gasteiger partial charge in [0.1, 0.15) is 18.3 Å². The van der Waals surface area contributed by atoms with Crippen LogP contribution in [0.15, 0.2) is 103 Å². The Bertz CT molecular complexity index is 1390. The number of nitrogens with two attached hydrogens (primary N) is 1. The van der Waals surface area contributed by atoms with E-state index in [1.165, 1.54) is 12.3 Å². The van der Waals surface area contributed by atoms with Crippen LogP contribution >= 0.6 is 0 Å². The predicted octanol–water partition coefficient (Wildman–Crippen LogP) is 2.09. The number of carbonyl (C=O) groups is 2. The fraction of sp³-hybridized carbons (Fsp3) is 0.312. The topological polar surface area (TPSA) is 134 Å². The lowest BCUT2D eigenvalue weighted by atomic mass is 9.97. The number of carbonyl (C=O) groups excluding carboxylic acids is 2. The molecule has 0 radical (unpaired) electrons. The number of Topliss-reactive ketones (excluding diaryl/α,β-unsaturated/α-hetero) is 1. The summed E-state index contributed by atoms with van der Waals surface area (Å²) in [5, 5.41) is 26.3. The average Bonchev–Trinajstić information content (AvgIpc) is 3.26. The number of urea groups is 1. The number of nitrogens with one attached hydrogen (secondary N) is 1. The van der Waals surface area contributed by atoms with Gasteiger partial charge in [-0.15, -0.1) is 0 Å². The van der Waals surface area contributed by atoms with Crippen LogP contribution in [0.1, 0.15) is 31.1 Å². The summed E-state index contributed by atoms with van der Waals surface area (Å²) in [7, 11) is -2.94. The molecule has 2 aliphatic rings. The molecule has 5 atom stereocenters. The molecule has 5 N–H and O–H groups in total. The Morgan fingerprint density at radius 1 is 0.952 bits per heavy atom. The van der Waals surface area contributed by atoms with Gasteiger partial charge in [-0.1, -0.05) is 112 Å². The van der Waals surface area contributed by atoms with E-state index in [0.717, 1.165) is 15.3 Å². The SMILES string of the molecule is CC(C)(C)[Si](OC[C@H]1O[C@@H](N2C=CC(N)(C(=O)c3ccccc3)NC2=O)[C@H](O)[C@@H]1O)(c1ccccc1)c1ccccc1. The van der Waals surface area contributed by atoms with Gasteiger partial charge in [-0.25, -0.2) is 4.79 Å².